The zero-order chi connectivity index (χ0) is 26.5. The number of rotatable bonds is 14. The summed E-state index contributed by atoms with van der Waals surface area (Å²) in [6, 6.07) is 12.6. The molecule has 1 saturated carbocycles. The van der Waals surface area contributed by atoms with Gasteiger partial charge < -0.3 is 24.4 Å². The molecule has 1 aliphatic rings. The molecule has 0 atom stereocenters. The molecule has 0 bridgehead atoms. The van der Waals surface area contributed by atoms with Gasteiger partial charge in [-0.25, -0.2) is 9.59 Å². The standard InChI is InChI=1S/C30H37NO6/c1-3-29(32)36-19-7-5-4-6-18-35-27-15-10-23(11-16-27)30(33)37-28-17-12-24(20-25(28)21-31)22-8-13-26(34-2)14-9-22/h3,10-12,15-17,20-22,26,31H,1,4-9,13-14,18-19H2,2H3. The van der Waals surface area contributed by atoms with Gasteiger partial charge in [-0.05, 0) is 99.2 Å². The fourth-order valence-corrected chi connectivity index (χ4v) is 4.48. The van der Waals surface area contributed by atoms with Crippen LogP contribution in [-0.4, -0.2) is 44.6 Å². The monoisotopic (exact) mass is 507 g/mol. The topological polar surface area (TPSA) is 94.9 Å². The summed E-state index contributed by atoms with van der Waals surface area (Å²) in [4.78, 5) is 23.7. The molecule has 7 nitrogen and oxygen atoms in total. The molecule has 1 N–H and O–H groups in total. The fraction of sp³-hybridized carbons (Fsp3) is 0.433. The van der Waals surface area contributed by atoms with Gasteiger partial charge in [0.25, 0.3) is 0 Å². The number of nitrogens with one attached hydrogen (secondary N) is 1. The third-order valence-electron chi connectivity index (χ3n) is 6.68. The summed E-state index contributed by atoms with van der Waals surface area (Å²) >= 11 is 0. The van der Waals surface area contributed by atoms with Crippen molar-refractivity contribution in [3.8, 4) is 11.5 Å². The average molecular weight is 508 g/mol. The lowest BCUT2D eigenvalue weighted by Crippen LogP contribution is -2.19. The quantitative estimate of drug-likeness (QED) is 0.107. The van der Waals surface area contributed by atoms with E-state index in [4.69, 9.17) is 24.4 Å². The minimum Gasteiger partial charge on any atom is -0.494 e. The maximum absolute atomic E-state index is 12.7. The Bertz CT molecular complexity index is 1040. The van der Waals surface area contributed by atoms with Gasteiger partial charge >= 0.3 is 11.9 Å². The zero-order valence-electron chi connectivity index (χ0n) is 21.6. The number of unbranched alkanes of at least 4 members (excludes halogenated alkanes) is 3. The molecule has 1 fully saturated rings. The Hall–Kier alpha value is -3.45. The van der Waals surface area contributed by atoms with E-state index >= 15 is 0 Å². The van der Waals surface area contributed by atoms with E-state index in [1.807, 2.05) is 12.1 Å². The number of hydrogen-bond acceptors (Lipinski definition) is 7. The van der Waals surface area contributed by atoms with Crippen LogP contribution < -0.4 is 9.47 Å². The molecule has 0 aromatic heterocycles. The van der Waals surface area contributed by atoms with Gasteiger partial charge in [-0.3, -0.25) is 0 Å². The summed E-state index contributed by atoms with van der Waals surface area (Å²) in [5, 5.41) is 7.81. The third-order valence-corrected chi connectivity index (χ3v) is 6.68. The van der Waals surface area contributed by atoms with Crippen LogP contribution in [-0.2, 0) is 14.3 Å². The largest absolute Gasteiger partial charge is 0.494 e. The lowest BCUT2D eigenvalue weighted by Gasteiger charge is -2.28. The number of benzene rings is 2. The molecule has 0 heterocycles. The minimum atomic E-state index is -0.472. The van der Waals surface area contributed by atoms with Gasteiger partial charge in [0.2, 0.25) is 0 Å². The Labute approximate surface area is 219 Å². The molecule has 0 radical (unpaired) electrons. The molecule has 37 heavy (non-hydrogen) atoms. The molecule has 2 aromatic rings. The molecule has 3 rings (SSSR count). The van der Waals surface area contributed by atoms with Crippen molar-refractivity contribution in [3.05, 3.63) is 71.8 Å². The molecule has 0 spiro atoms. The highest BCUT2D eigenvalue weighted by Gasteiger charge is 2.23. The molecular weight excluding hydrogens is 470 g/mol. The molecule has 1 aliphatic carbocycles. The summed E-state index contributed by atoms with van der Waals surface area (Å²) in [6.07, 6.45) is 10.5. The Morgan fingerprint density at radius 3 is 2.32 bits per heavy atom. The van der Waals surface area contributed by atoms with Crippen LogP contribution in [0.3, 0.4) is 0 Å². The normalized spacial score (nSPS) is 17.0. The smallest absolute Gasteiger partial charge is 0.343 e. The van der Waals surface area contributed by atoms with Crippen molar-refractivity contribution in [2.24, 2.45) is 0 Å². The van der Waals surface area contributed by atoms with E-state index in [9.17, 15) is 9.59 Å². The Morgan fingerprint density at radius 2 is 1.68 bits per heavy atom. The molecule has 0 aliphatic heterocycles. The predicted octanol–water partition coefficient (Wildman–Crippen LogP) is 6.24. The van der Waals surface area contributed by atoms with E-state index in [1.165, 1.54) is 17.9 Å². The van der Waals surface area contributed by atoms with E-state index in [2.05, 4.69) is 6.58 Å². The molecule has 0 saturated heterocycles. The first-order chi connectivity index (χ1) is 18.0. The minimum absolute atomic E-state index is 0.336. The van der Waals surface area contributed by atoms with Crippen molar-refractivity contribution < 1.29 is 28.5 Å². The maximum Gasteiger partial charge on any atom is 0.343 e. The van der Waals surface area contributed by atoms with Crippen LogP contribution in [0.2, 0.25) is 0 Å². The molecule has 0 unspecified atom stereocenters. The number of hydrogen-bond donors (Lipinski definition) is 1. The summed E-state index contributed by atoms with van der Waals surface area (Å²) in [5.41, 5.74) is 2.18. The van der Waals surface area contributed by atoms with Crippen LogP contribution in [0.4, 0.5) is 0 Å². The maximum atomic E-state index is 12.7. The average Bonchev–Trinajstić information content (AvgIpc) is 2.94. The highest BCUT2D eigenvalue weighted by molar-refractivity contribution is 5.93. The van der Waals surface area contributed by atoms with Gasteiger partial charge in [0.05, 0.1) is 24.9 Å². The zero-order valence-corrected chi connectivity index (χ0v) is 21.6. The molecule has 2 aromatic carbocycles. The van der Waals surface area contributed by atoms with Crippen LogP contribution in [0.1, 0.15) is 78.8 Å². The van der Waals surface area contributed by atoms with Crippen LogP contribution in [0.25, 0.3) is 0 Å². The van der Waals surface area contributed by atoms with Gasteiger partial charge in [0, 0.05) is 25.0 Å². The second-order valence-electron chi connectivity index (χ2n) is 9.20. The van der Waals surface area contributed by atoms with Crippen LogP contribution >= 0.6 is 0 Å². The number of carbonyl (C=O) groups is 2. The summed E-state index contributed by atoms with van der Waals surface area (Å²) in [5.74, 6) is 0.641. The summed E-state index contributed by atoms with van der Waals surface area (Å²) < 4.78 is 21.8. The van der Waals surface area contributed by atoms with Gasteiger partial charge in [-0.15, -0.1) is 0 Å². The highest BCUT2D eigenvalue weighted by atomic mass is 16.5. The van der Waals surface area contributed by atoms with Crippen molar-refractivity contribution in [1.82, 2.24) is 0 Å². The van der Waals surface area contributed by atoms with Crippen LogP contribution in [0, 0.1) is 5.41 Å². The molecule has 198 valence electrons. The van der Waals surface area contributed by atoms with Crippen molar-refractivity contribution in [2.75, 3.05) is 20.3 Å². The lowest BCUT2D eigenvalue weighted by molar-refractivity contribution is -0.137. The van der Waals surface area contributed by atoms with Gasteiger partial charge in [0.1, 0.15) is 11.5 Å². The second-order valence-corrected chi connectivity index (χ2v) is 9.20. The summed E-state index contributed by atoms with van der Waals surface area (Å²) in [7, 11) is 1.76. The van der Waals surface area contributed by atoms with Crippen molar-refractivity contribution in [3.63, 3.8) is 0 Å². The SMILES string of the molecule is C=CC(=O)OCCCCCCOc1ccc(C(=O)Oc2ccc(C3CCC(OC)CC3)cc2C=N)cc1. The Morgan fingerprint density at radius 1 is 0.973 bits per heavy atom. The molecular formula is C30H37NO6. The lowest BCUT2D eigenvalue weighted by atomic mass is 9.82. The number of esters is 2. The Kier molecular flexibility index (Phi) is 11.4. The van der Waals surface area contributed by atoms with E-state index in [0.717, 1.165) is 51.4 Å². The first-order valence-corrected chi connectivity index (χ1v) is 13.0. The number of methoxy groups -OCH3 is 1. The molecule has 7 heteroatoms. The first kappa shape index (κ1) is 28.1. The number of ether oxygens (including phenoxy) is 4. The fourth-order valence-electron chi connectivity index (χ4n) is 4.48. The van der Waals surface area contributed by atoms with Gasteiger partial charge in [-0.2, -0.15) is 0 Å². The van der Waals surface area contributed by atoms with Gasteiger partial charge in [-0.1, -0.05) is 12.6 Å². The van der Waals surface area contributed by atoms with Crippen molar-refractivity contribution >= 4 is 18.2 Å². The predicted molar refractivity (Wildman–Crippen MR) is 143 cm³/mol. The molecule has 0 amide bonds. The van der Waals surface area contributed by atoms with Gasteiger partial charge in [0.15, 0.2) is 0 Å². The van der Waals surface area contributed by atoms with Crippen LogP contribution in [0.15, 0.2) is 55.1 Å². The third kappa shape index (κ3) is 8.86. The van der Waals surface area contributed by atoms with E-state index in [-0.39, 0.29) is 5.97 Å². The number of carbonyl (C=O) groups excluding carboxylic acids is 2. The summed E-state index contributed by atoms with van der Waals surface area (Å²) in [6.45, 7) is 4.34. The van der Waals surface area contributed by atoms with Crippen LogP contribution in [0.5, 0.6) is 11.5 Å². The Balaban J connectivity index is 1.43. The van der Waals surface area contributed by atoms with E-state index in [0.29, 0.717) is 47.9 Å². The van der Waals surface area contributed by atoms with Crippen molar-refractivity contribution in [1.29, 1.82) is 5.41 Å². The second kappa shape index (κ2) is 15.0. The first-order valence-electron chi connectivity index (χ1n) is 13.0. The van der Waals surface area contributed by atoms with E-state index < -0.39 is 5.97 Å². The van der Waals surface area contributed by atoms with E-state index in [1.54, 1.807) is 37.4 Å². The highest BCUT2D eigenvalue weighted by Crippen LogP contribution is 2.35. The van der Waals surface area contributed by atoms with Crippen molar-refractivity contribution in [2.45, 2.75) is 63.4 Å².